The molecule has 132 valence electrons. The van der Waals surface area contributed by atoms with Gasteiger partial charge in [-0.3, -0.25) is 4.79 Å². The summed E-state index contributed by atoms with van der Waals surface area (Å²) in [5.74, 6) is 0.270. The maximum atomic E-state index is 12.7. The molecular formula is C21H22N4O. The summed E-state index contributed by atoms with van der Waals surface area (Å²) in [5.41, 5.74) is 4.75. The van der Waals surface area contributed by atoms with E-state index in [0.717, 1.165) is 11.3 Å². The van der Waals surface area contributed by atoms with Crippen molar-refractivity contribution in [2.24, 2.45) is 0 Å². The minimum atomic E-state index is -0.139. The SMILES string of the molecule is Cc1ccc(Nc2nccc(C(=O)N(C)Cc3ccccc3)n2)cc1C. The second kappa shape index (κ2) is 7.78. The fraction of sp³-hybridized carbons (Fsp3) is 0.190. The van der Waals surface area contributed by atoms with E-state index in [0.29, 0.717) is 18.2 Å². The molecule has 1 heterocycles. The molecular weight excluding hydrogens is 324 g/mol. The molecule has 3 rings (SSSR count). The topological polar surface area (TPSA) is 58.1 Å². The monoisotopic (exact) mass is 346 g/mol. The van der Waals surface area contributed by atoms with Crippen LogP contribution in [0.1, 0.15) is 27.2 Å². The first-order valence-electron chi connectivity index (χ1n) is 8.49. The number of aryl methyl sites for hydroxylation is 2. The van der Waals surface area contributed by atoms with E-state index in [-0.39, 0.29) is 5.91 Å². The highest BCUT2D eigenvalue weighted by atomic mass is 16.2. The second-order valence-corrected chi connectivity index (χ2v) is 6.34. The van der Waals surface area contributed by atoms with Gasteiger partial charge in [-0.15, -0.1) is 0 Å². The molecule has 0 saturated heterocycles. The minimum absolute atomic E-state index is 0.139. The molecule has 0 atom stereocenters. The van der Waals surface area contributed by atoms with Crippen molar-refractivity contribution >= 4 is 17.5 Å². The lowest BCUT2D eigenvalue weighted by atomic mass is 10.1. The van der Waals surface area contributed by atoms with Crippen LogP contribution in [0.5, 0.6) is 0 Å². The summed E-state index contributed by atoms with van der Waals surface area (Å²) < 4.78 is 0. The first kappa shape index (κ1) is 17.6. The van der Waals surface area contributed by atoms with Gasteiger partial charge in [-0.1, -0.05) is 36.4 Å². The summed E-state index contributed by atoms with van der Waals surface area (Å²) in [7, 11) is 1.77. The maximum Gasteiger partial charge on any atom is 0.272 e. The quantitative estimate of drug-likeness (QED) is 0.755. The van der Waals surface area contributed by atoms with E-state index in [1.54, 1.807) is 24.2 Å². The number of anilines is 2. The lowest BCUT2D eigenvalue weighted by Crippen LogP contribution is -2.27. The molecule has 5 heteroatoms. The first-order valence-corrected chi connectivity index (χ1v) is 8.49. The summed E-state index contributed by atoms with van der Waals surface area (Å²) in [6, 6.07) is 17.6. The molecule has 0 saturated carbocycles. The normalized spacial score (nSPS) is 10.4. The molecule has 0 bridgehead atoms. The van der Waals surface area contributed by atoms with Gasteiger partial charge in [0.2, 0.25) is 5.95 Å². The average molecular weight is 346 g/mol. The summed E-state index contributed by atoms with van der Waals surface area (Å²) >= 11 is 0. The van der Waals surface area contributed by atoms with E-state index in [2.05, 4.69) is 29.1 Å². The van der Waals surface area contributed by atoms with E-state index >= 15 is 0 Å². The van der Waals surface area contributed by atoms with Crippen molar-refractivity contribution in [3.8, 4) is 0 Å². The highest BCUT2D eigenvalue weighted by molar-refractivity contribution is 5.92. The summed E-state index contributed by atoms with van der Waals surface area (Å²) in [4.78, 5) is 22.9. The highest BCUT2D eigenvalue weighted by Crippen LogP contribution is 2.17. The van der Waals surface area contributed by atoms with Crippen LogP contribution in [0.3, 0.4) is 0 Å². The molecule has 0 aliphatic carbocycles. The van der Waals surface area contributed by atoms with Crippen molar-refractivity contribution in [2.75, 3.05) is 12.4 Å². The van der Waals surface area contributed by atoms with Crippen LogP contribution in [-0.2, 0) is 6.54 Å². The molecule has 3 aromatic rings. The third-order valence-electron chi connectivity index (χ3n) is 4.25. The molecule has 0 aliphatic rings. The Balaban J connectivity index is 1.73. The predicted molar refractivity (Wildman–Crippen MR) is 103 cm³/mol. The van der Waals surface area contributed by atoms with Gasteiger partial charge in [-0.25, -0.2) is 9.97 Å². The maximum absolute atomic E-state index is 12.7. The van der Waals surface area contributed by atoms with E-state index < -0.39 is 0 Å². The molecule has 5 nitrogen and oxygen atoms in total. The zero-order chi connectivity index (χ0) is 18.5. The molecule has 0 unspecified atom stereocenters. The van der Waals surface area contributed by atoms with Crippen LogP contribution in [0, 0.1) is 13.8 Å². The molecule has 1 aromatic heterocycles. The van der Waals surface area contributed by atoms with Gasteiger partial charge >= 0.3 is 0 Å². The molecule has 0 fully saturated rings. The second-order valence-electron chi connectivity index (χ2n) is 6.34. The largest absolute Gasteiger partial charge is 0.336 e. The number of hydrogen-bond donors (Lipinski definition) is 1. The van der Waals surface area contributed by atoms with Crippen LogP contribution in [0.15, 0.2) is 60.8 Å². The third-order valence-corrected chi connectivity index (χ3v) is 4.25. The number of nitrogens with zero attached hydrogens (tertiary/aromatic N) is 3. The number of carbonyl (C=O) groups excluding carboxylic acids is 1. The minimum Gasteiger partial charge on any atom is -0.336 e. The molecule has 2 aromatic carbocycles. The zero-order valence-corrected chi connectivity index (χ0v) is 15.2. The van der Waals surface area contributed by atoms with Crippen molar-refractivity contribution in [3.05, 3.63) is 83.2 Å². The Morgan fingerprint density at radius 3 is 2.54 bits per heavy atom. The van der Waals surface area contributed by atoms with Crippen LogP contribution in [0.25, 0.3) is 0 Å². The smallest absolute Gasteiger partial charge is 0.272 e. The van der Waals surface area contributed by atoms with Crippen LogP contribution < -0.4 is 5.32 Å². The van der Waals surface area contributed by atoms with Gasteiger partial charge in [0.05, 0.1) is 0 Å². The molecule has 26 heavy (non-hydrogen) atoms. The number of aromatic nitrogens is 2. The van der Waals surface area contributed by atoms with Gasteiger partial charge in [-0.2, -0.15) is 0 Å². The van der Waals surface area contributed by atoms with Gasteiger partial charge in [0, 0.05) is 25.5 Å². The van der Waals surface area contributed by atoms with E-state index in [4.69, 9.17) is 0 Å². The van der Waals surface area contributed by atoms with Crippen LogP contribution >= 0.6 is 0 Å². The first-order chi connectivity index (χ1) is 12.5. The Morgan fingerprint density at radius 2 is 1.81 bits per heavy atom. The van der Waals surface area contributed by atoms with Crippen molar-refractivity contribution < 1.29 is 4.79 Å². The fourth-order valence-electron chi connectivity index (χ4n) is 2.61. The summed E-state index contributed by atoms with van der Waals surface area (Å²) in [6.07, 6.45) is 1.60. The van der Waals surface area contributed by atoms with Crippen molar-refractivity contribution in [3.63, 3.8) is 0 Å². The van der Waals surface area contributed by atoms with Gasteiger partial charge < -0.3 is 10.2 Å². The average Bonchev–Trinajstić information content (AvgIpc) is 2.65. The summed E-state index contributed by atoms with van der Waals surface area (Å²) in [6.45, 7) is 4.65. The van der Waals surface area contributed by atoms with Crippen molar-refractivity contribution in [2.45, 2.75) is 20.4 Å². The Labute approximate surface area is 153 Å². The number of benzene rings is 2. The van der Waals surface area contributed by atoms with Gasteiger partial charge in [0.25, 0.3) is 5.91 Å². The highest BCUT2D eigenvalue weighted by Gasteiger charge is 2.14. The fourth-order valence-corrected chi connectivity index (χ4v) is 2.61. The number of hydrogen-bond acceptors (Lipinski definition) is 4. The Kier molecular flexibility index (Phi) is 5.27. The standard InChI is InChI=1S/C21H22N4O/c1-15-9-10-18(13-16(15)2)23-21-22-12-11-19(24-21)20(26)25(3)14-17-7-5-4-6-8-17/h4-13H,14H2,1-3H3,(H,22,23,24). The van der Waals surface area contributed by atoms with E-state index in [1.807, 2.05) is 48.5 Å². The van der Waals surface area contributed by atoms with Gasteiger partial charge in [0.15, 0.2) is 0 Å². The van der Waals surface area contributed by atoms with Crippen molar-refractivity contribution in [1.29, 1.82) is 0 Å². The third kappa shape index (κ3) is 4.25. The van der Waals surface area contributed by atoms with Crippen LogP contribution in [0.2, 0.25) is 0 Å². The summed E-state index contributed by atoms with van der Waals surface area (Å²) in [5, 5.41) is 3.16. The van der Waals surface area contributed by atoms with Gasteiger partial charge in [0.1, 0.15) is 5.69 Å². The van der Waals surface area contributed by atoms with Crippen molar-refractivity contribution in [1.82, 2.24) is 14.9 Å². The lowest BCUT2D eigenvalue weighted by Gasteiger charge is -2.17. The van der Waals surface area contributed by atoms with Gasteiger partial charge in [-0.05, 0) is 48.7 Å². The molecule has 0 spiro atoms. The Bertz CT molecular complexity index is 909. The van der Waals surface area contributed by atoms with E-state index in [9.17, 15) is 4.79 Å². The molecule has 1 amide bonds. The Hall–Kier alpha value is -3.21. The van der Waals surface area contributed by atoms with E-state index in [1.165, 1.54) is 11.1 Å². The Morgan fingerprint density at radius 1 is 1.04 bits per heavy atom. The molecule has 0 radical (unpaired) electrons. The number of carbonyl (C=O) groups is 1. The molecule has 1 N–H and O–H groups in total. The zero-order valence-electron chi connectivity index (χ0n) is 15.2. The van der Waals surface area contributed by atoms with Crippen LogP contribution in [0.4, 0.5) is 11.6 Å². The number of rotatable bonds is 5. The predicted octanol–water partition coefficient (Wildman–Crippen LogP) is 4.11. The number of nitrogens with one attached hydrogen (secondary N) is 1. The van der Waals surface area contributed by atoms with Crippen LogP contribution in [-0.4, -0.2) is 27.8 Å². The molecule has 0 aliphatic heterocycles. The number of amides is 1. The lowest BCUT2D eigenvalue weighted by molar-refractivity contribution is 0.0779.